The first-order valence-corrected chi connectivity index (χ1v) is 10.8. The van der Waals surface area contributed by atoms with Crippen molar-refractivity contribution < 1.29 is 9.59 Å². The monoisotopic (exact) mass is 428 g/mol. The van der Waals surface area contributed by atoms with Crippen LogP contribution < -0.4 is 10.6 Å². The van der Waals surface area contributed by atoms with Crippen LogP contribution in [-0.4, -0.2) is 58.2 Å². The standard InChI is InChI=1S/C24H24N6O2/c1-28-12-9-17(24(28)32)8-7-16-5-4-6-18(13-16)30-20-14-21(29-10-2-3-11-29)26-15-19(20)22(27-30)23(25)31/h4-6,13-15,17H,2-3,9-12H2,1H3,(H2,25,31)/t17-/m1/s1. The summed E-state index contributed by atoms with van der Waals surface area (Å²) in [5, 5.41) is 5.12. The minimum Gasteiger partial charge on any atom is -0.364 e. The number of rotatable bonds is 3. The molecule has 32 heavy (non-hydrogen) atoms. The number of primary amides is 1. The quantitative estimate of drug-likeness (QED) is 0.643. The van der Waals surface area contributed by atoms with Crippen molar-refractivity contribution in [1.29, 1.82) is 0 Å². The molecule has 0 unspecified atom stereocenters. The van der Waals surface area contributed by atoms with Gasteiger partial charge in [0, 0.05) is 44.5 Å². The maximum absolute atomic E-state index is 12.1. The van der Waals surface area contributed by atoms with Gasteiger partial charge >= 0.3 is 0 Å². The Hall–Kier alpha value is -3.86. The van der Waals surface area contributed by atoms with E-state index in [1.807, 2.05) is 30.3 Å². The highest BCUT2D eigenvalue weighted by atomic mass is 16.2. The third-order valence-electron chi connectivity index (χ3n) is 6.12. The molecule has 0 radical (unpaired) electrons. The summed E-state index contributed by atoms with van der Waals surface area (Å²) in [4.78, 5) is 32.6. The number of carbonyl (C=O) groups is 2. The summed E-state index contributed by atoms with van der Waals surface area (Å²) in [5.41, 5.74) is 8.10. The lowest BCUT2D eigenvalue weighted by Crippen LogP contribution is -2.21. The molecule has 0 saturated carbocycles. The van der Waals surface area contributed by atoms with Crippen LogP contribution in [0.15, 0.2) is 36.5 Å². The van der Waals surface area contributed by atoms with Crippen LogP contribution in [0.1, 0.15) is 35.3 Å². The van der Waals surface area contributed by atoms with Gasteiger partial charge in [-0.15, -0.1) is 0 Å². The Labute approximate surface area is 186 Å². The molecule has 2 N–H and O–H groups in total. The third kappa shape index (κ3) is 3.56. The number of fused-ring (bicyclic) bond motifs is 1. The molecule has 2 aromatic heterocycles. The fourth-order valence-electron chi connectivity index (χ4n) is 4.34. The van der Waals surface area contributed by atoms with Crippen molar-refractivity contribution in [2.75, 3.05) is 31.6 Å². The molecule has 2 amide bonds. The minimum absolute atomic E-state index is 0.0692. The third-order valence-corrected chi connectivity index (χ3v) is 6.12. The highest BCUT2D eigenvalue weighted by Crippen LogP contribution is 2.27. The number of pyridine rings is 1. The number of benzene rings is 1. The Kier molecular flexibility index (Phi) is 5.02. The van der Waals surface area contributed by atoms with Gasteiger partial charge in [-0.1, -0.05) is 17.9 Å². The molecule has 4 heterocycles. The van der Waals surface area contributed by atoms with E-state index in [4.69, 9.17) is 5.73 Å². The van der Waals surface area contributed by atoms with Crippen molar-refractivity contribution >= 4 is 28.5 Å². The normalized spacial score (nSPS) is 18.3. The largest absolute Gasteiger partial charge is 0.364 e. The second-order valence-electron chi connectivity index (χ2n) is 8.30. The molecular weight excluding hydrogens is 404 g/mol. The van der Waals surface area contributed by atoms with Crippen molar-refractivity contribution in [2.24, 2.45) is 11.7 Å². The molecule has 2 aliphatic rings. The number of aromatic nitrogens is 3. The van der Waals surface area contributed by atoms with Gasteiger partial charge in [0.1, 0.15) is 11.7 Å². The molecular formula is C24H24N6O2. The lowest BCUT2D eigenvalue weighted by Gasteiger charge is -2.16. The van der Waals surface area contributed by atoms with E-state index in [-0.39, 0.29) is 17.5 Å². The van der Waals surface area contributed by atoms with Crippen molar-refractivity contribution in [1.82, 2.24) is 19.7 Å². The first-order valence-electron chi connectivity index (χ1n) is 10.8. The van der Waals surface area contributed by atoms with Crippen LogP contribution in [0.2, 0.25) is 0 Å². The predicted octanol–water partition coefficient (Wildman–Crippen LogP) is 1.95. The fourth-order valence-corrected chi connectivity index (χ4v) is 4.34. The van der Waals surface area contributed by atoms with E-state index >= 15 is 0 Å². The lowest BCUT2D eigenvalue weighted by molar-refractivity contribution is -0.128. The van der Waals surface area contributed by atoms with Crippen molar-refractivity contribution in [3.05, 3.63) is 47.8 Å². The average molecular weight is 428 g/mol. The Morgan fingerprint density at radius 1 is 1.19 bits per heavy atom. The van der Waals surface area contributed by atoms with Gasteiger partial charge in [0.05, 0.1) is 16.6 Å². The van der Waals surface area contributed by atoms with E-state index in [0.29, 0.717) is 5.39 Å². The molecule has 3 aromatic rings. The molecule has 1 aromatic carbocycles. The van der Waals surface area contributed by atoms with Gasteiger partial charge in [-0.3, -0.25) is 9.59 Å². The Morgan fingerprint density at radius 3 is 2.72 bits per heavy atom. The van der Waals surface area contributed by atoms with E-state index < -0.39 is 5.91 Å². The lowest BCUT2D eigenvalue weighted by atomic mass is 10.1. The minimum atomic E-state index is -0.593. The molecule has 0 spiro atoms. The molecule has 1 atom stereocenters. The molecule has 2 saturated heterocycles. The fraction of sp³-hybridized carbons (Fsp3) is 0.333. The van der Waals surface area contributed by atoms with Gasteiger partial charge in [0.2, 0.25) is 5.91 Å². The molecule has 8 heteroatoms. The highest BCUT2D eigenvalue weighted by molar-refractivity contribution is 6.04. The number of likely N-dealkylation sites (tertiary alicyclic amines) is 1. The Balaban J connectivity index is 1.55. The maximum atomic E-state index is 12.1. The Bertz CT molecular complexity index is 1280. The number of carbonyl (C=O) groups excluding carboxylic acids is 2. The zero-order valence-corrected chi connectivity index (χ0v) is 17.9. The van der Waals surface area contributed by atoms with E-state index in [9.17, 15) is 9.59 Å². The van der Waals surface area contributed by atoms with E-state index in [1.165, 1.54) is 0 Å². The van der Waals surface area contributed by atoms with Crippen LogP contribution >= 0.6 is 0 Å². The summed E-state index contributed by atoms with van der Waals surface area (Å²) < 4.78 is 1.72. The summed E-state index contributed by atoms with van der Waals surface area (Å²) in [6, 6.07) is 9.57. The van der Waals surface area contributed by atoms with Crippen LogP contribution in [0.3, 0.4) is 0 Å². The molecule has 2 fully saturated rings. The van der Waals surface area contributed by atoms with Crippen LogP contribution in [0, 0.1) is 17.8 Å². The summed E-state index contributed by atoms with van der Waals surface area (Å²) in [7, 11) is 1.80. The van der Waals surface area contributed by atoms with Gasteiger partial charge in [-0.25, -0.2) is 9.67 Å². The topological polar surface area (TPSA) is 97.3 Å². The molecule has 162 valence electrons. The highest BCUT2D eigenvalue weighted by Gasteiger charge is 2.27. The van der Waals surface area contributed by atoms with Crippen LogP contribution in [-0.2, 0) is 4.79 Å². The zero-order chi connectivity index (χ0) is 22.2. The van der Waals surface area contributed by atoms with Gasteiger partial charge in [-0.05, 0) is 37.5 Å². The van der Waals surface area contributed by atoms with Crippen LogP contribution in [0.25, 0.3) is 16.6 Å². The summed E-state index contributed by atoms with van der Waals surface area (Å²) in [5.74, 6) is 6.32. The van der Waals surface area contributed by atoms with Crippen molar-refractivity contribution in [3.8, 4) is 17.5 Å². The second kappa shape index (κ2) is 8.00. The number of amides is 2. The van der Waals surface area contributed by atoms with E-state index in [2.05, 4.69) is 26.8 Å². The van der Waals surface area contributed by atoms with Crippen molar-refractivity contribution in [2.45, 2.75) is 19.3 Å². The zero-order valence-electron chi connectivity index (χ0n) is 17.9. The number of hydrogen-bond donors (Lipinski definition) is 1. The number of nitrogens with two attached hydrogens (primary N) is 1. The van der Waals surface area contributed by atoms with Gasteiger partial charge in [0.15, 0.2) is 5.69 Å². The number of nitrogens with zero attached hydrogens (tertiary/aromatic N) is 5. The SMILES string of the molecule is CN1CC[C@@H](C#Cc2cccc(-n3nc(C(N)=O)c4cnc(N5CCCC5)cc43)c2)C1=O. The second-order valence-corrected chi connectivity index (χ2v) is 8.30. The van der Waals surface area contributed by atoms with Crippen LogP contribution in [0.4, 0.5) is 5.82 Å². The smallest absolute Gasteiger partial charge is 0.269 e. The molecule has 0 bridgehead atoms. The molecule has 2 aliphatic heterocycles. The van der Waals surface area contributed by atoms with Gasteiger partial charge in [0.25, 0.3) is 5.91 Å². The van der Waals surface area contributed by atoms with Crippen molar-refractivity contribution in [3.63, 3.8) is 0 Å². The summed E-state index contributed by atoms with van der Waals surface area (Å²) in [6.45, 7) is 2.67. The van der Waals surface area contributed by atoms with Gasteiger partial charge in [-0.2, -0.15) is 5.10 Å². The number of hydrogen-bond acceptors (Lipinski definition) is 5. The average Bonchev–Trinajstić information content (AvgIpc) is 3.53. The molecule has 8 nitrogen and oxygen atoms in total. The van der Waals surface area contributed by atoms with E-state index in [0.717, 1.165) is 61.5 Å². The first-order chi connectivity index (χ1) is 15.5. The molecule has 5 rings (SSSR count). The van der Waals surface area contributed by atoms with Gasteiger partial charge < -0.3 is 15.5 Å². The molecule has 0 aliphatic carbocycles. The predicted molar refractivity (Wildman–Crippen MR) is 121 cm³/mol. The summed E-state index contributed by atoms with van der Waals surface area (Å²) in [6.07, 6.45) is 4.72. The maximum Gasteiger partial charge on any atom is 0.269 e. The number of anilines is 1. The van der Waals surface area contributed by atoms with Crippen LogP contribution in [0.5, 0.6) is 0 Å². The summed E-state index contributed by atoms with van der Waals surface area (Å²) >= 11 is 0. The first kappa shape index (κ1) is 20.1. The van der Waals surface area contributed by atoms with E-state index in [1.54, 1.807) is 22.8 Å². The Morgan fingerprint density at radius 2 is 2.00 bits per heavy atom.